The van der Waals surface area contributed by atoms with Gasteiger partial charge in [-0.25, -0.2) is 0 Å². The number of amides is 2. The first-order valence-corrected chi connectivity index (χ1v) is 8.54. The highest BCUT2D eigenvalue weighted by Gasteiger charge is 2.58. The number of carbonyl (C=O) groups excluding carboxylic acids is 2. The van der Waals surface area contributed by atoms with Gasteiger partial charge >= 0.3 is 0 Å². The van der Waals surface area contributed by atoms with E-state index in [2.05, 4.69) is 15.5 Å². The van der Waals surface area contributed by atoms with Gasteiger partial charge in [-0.05, 0) is 32.6 Å². The van der Waals surface area contributed by atoms with Crippen LogP contribution in [0.4, 0.5) is 0 Å². The molecule has 1 aromatic heterocycles. The molecule has 1 saturated heterocycles. The number of morpholine rings is 1. The molecule has 3 aliphatic rings. The molecule has 130 valence electrons. The Bertz CT molecular complexity index is 665. The van der Waals surface area contributed by atoms with E-state index in [1.165, 1.54) is 0 Å². The molecule has 0 bridgehead atoms. The average molecular weight is 334 g/mol. The summed E-state index contributed by atoms with van der Waals surface area (Å²) < 4.78 is 11.2. The molecular weight excluding hydrogens is 312 g/mol. The molecule has 1 aromatic rings. The van der Waals surface area contributed by atoms with Crippen molar-refractivity contribution in [2.45, 2.75) is 50.7 Å². The minimum Gasteiger partial charge on any atom is -0.362 e. The number of aromatic nitrogens is 2. The van der Waals surface area contributed by atoms with E-state index in [-0.39, 0.29) is 17.9 Å². The monoisotopic (exact) mass is 334 g/mol. The smallest absolute Gasteiger partial charge is 0.257 e. The average Bonchev–Trinajstić information content (AvgIpc) is 3.51. The molecule has 1 aliphatic heterocycles. The highest BCUT2D eigenvalue weighted by Crippen LogP contribution is 2.48. The molecule has 0 unspecified atom stereocenters. The Morgan fingerprint density at radius 2 is 2.04 bits per heavy atom. The molecular formula is C16H22N4O4. The summed E-state index contributed by atoms with van der Waals surface area (Å²) in [6.07, 6.45) is 2.82. The molecule has 24 heavy (non-hydrogen) atoms. The van der Waals surface area contributed by atoms with Gasteiger partial charge in [0.15, 0.2) is 11.9 Å². The van der Waals surface area contributed by atoms with Crippen LogP contribution < -0.4 is 5.32 Å². The molecule has 2 heterocycles. The topological polar surface area (TPSA) is 97.6 Å². The van der Waals surface area contributed by atoms with E-state index in [4.69, 9.17) is 9.26 Å². The molecule has 4 rings (SSSR count). The van der Waals surface area contributed by atoms with Crippen molar-refractivity contribution in [3.05, 3.63) is 11.7 Å². The number of hydrogen-bond acceptors (Lipinski definition) is 6. The summed E-state index contributed by atoms with van der Waals surface area (Å²) in [6, 6.07) is 0. The zero-order chi connectivity index (χ0) is 16.9. The van der Waals surface area contributed by atoms with Gasteiger partial charge in [0.1, 0.15) is 5.41 Å². The molecule has 0 radical (unpaired) electrons. The minimum atomic E-state index is -0.885. The Labute approximate surface area is 139 Å². The second kappa shape index (κ2) is 5.54. The Morgan fingerprint density at radius 1 is 1.29 bits per heavy atom. The van der Waals surface area contributed by atoms with Crippen molar-refractivity contribution in [2.75, 3.05) is 20.1 Å². The van der Waals surface area contributed by atoms with E-state index >= 15 is 0 Å². The predicted molar refractivity (Wildman–Crippen MR) is 81.9 cm³/mol. The first-order valence-electron chi connectivity index (χ1n) is 8.54. The van der Waals surface area contributed by atoms with E-state index in [1.54, 1.807) is 11.9 Å². The van der Waals surface area contributed by atoms with Crippen molar-refractivity contribution >= 4 is 11.8 Å². The van der Waals surface area contributed by atoms with Gasteiger partial charge in [0.25, 0.3) is 5.89 Å². The molecule has 8 heteroatoms. The zero-order valence-corrected chi connectivity index (χ0v) is 13.9. The summed E-state index contributed by atoms with van der Waals surface area (Å²) in [5, 5.41) is 6.62. The second-order valence-corrected chi connectivity index (χ2v) is 7.07. The fourth-order valence-electron chi connectivity index (χ4n) is 3.34. The van der Waals surface area contributed by atoms with Gasteiger partial charge in [0.05, 0.1) is 12.6 Å². The second-order valence-electron chi connectivity index (χ2n) is 7.07. The molecule has 3 fully saturated rings. The molecule has 1 N–H and O–H groups in total. The summed E-state index contributed by atoms with van der Waals surface area (Å²) in [7, 11) is 1.57. The van der Waals surface area contributed by atoms with Gasteiger partial charge in [-0.15, -0.1) is 0 Å². The van der Waals surface area contributed by atoms with Crippen LogP contribution in [-0.4, -0.2) is 53.1 Å². The highest BCUT2D eigenvalue weighted by molar-refractivity contribution is 6.07. The molecule has 0 spiro atoms. The standard InChI is InChI=1S/C16H22N4O4/c1-9-7-20(15(22)16(5-6-16)14(21)17-2)8-11(23-9)13-18-12(19-24-13)10-3-4-10/h9-11H,3-8H2,1-2H3,(H,17,21)/t9-,11-/m1/s1. The van der Waals surface area contributed by atoms with Crippen LogP contribution in [0.2, 0.25) is 0 Å². The summed E-state index contributed by atoms with van der Waals surface area (Å²) in [5.41, 5.74) is -0.885. The van der Waals surface area contributed by atoms with Gasteiger partial charge in [-0.3, -0.25) is 9.59 Å². The van der Waals surface area contributed by atoms with Crippen LogP contribution in [-0.2, 0) is 14.3 Å². The molecule has 2 amide bonds. The van der Waals surface area contributed by atoms with Gasteiger partial charge < -0.3 is 19.5 Å². The number of nitrogens with zero attached hydrogens (tertiary/aromatic N) is 3. The third-order valence-electron chi connectivity index (χ3n) is 5.04. The van der Waals surface area contributed by atoms with Crippen LogP contribution in [0.25, 0.3) is 0 Å². The first-order chi connectivity index (χ1) is 11.5. The fraction of sp³-hybridized carbons (Fsp3) is 0.750. The molecule has 8 nitrogen and oxygen atoms in total. The molecule has 2 atom stereocenters. The summed E-state index contributed by atoms with van der Waals surface area (Å²) in [5.74, 6) is 1.24. The lowest BCUT2D eigenvalue weighted by Crippen LogP contribution is -2.51. The van der Waals surface area contributed by atoms with Crippen LogP contribution in [0.1, 0.15) is 56.3 Å². The largest absolute Gasteiger partial charge is 0.362 e. The van der Waals surface area contributed by atoms with Gasteiger partial charge in [0, 0.05) is 19.5 Å². The van der Waals surface area contributed by atoms with Crippen molar-refractivity contribution in [3.8, 4) is 0 Å². The van der Waals surface area contributed by atoms with Crippen molar-refractivity contribution in [3.63, 3.8) is 0 Å². The first kappa shape index (κ1) is 15.6. The van der Waals surface area contributed by atoms with Crippen molar-refractivity contribution in [1.82, 2.24) is 20.4 Å². The lowest BCUT2D eigenvalue weighted by Gasteiger charge is -2.36. The maximum absolute atomic E-state index is 12.9. The Morgan fingerprint density at radius 3 is 2.67 bits per heavy atom. The number of carbonyl (C=O) groups is 2. The number of hydrogen-bond donors (Lipinski definition) is 1. The SMILES string of the molecule is CNC(=O)C1(C(=O)N2C[C@@H](C)O[C@@H](c3nc(C4CC4)no3)C2)CC1. The lowest BCUT2D eigenvalue weighted by molar-refractivity contribution is -0.155. The van der Waals surface area contributed by atoms with Crippen LogP contribution in [0.15, 0.2) is 4.52 Å². The van der Waals surface area contributed by atoms with E-state index < -0.39 is 11.5 Å². The number of ether oxygens (including phenoxy) is 1. The maximum atomic E-state index is 12.9. The Hall–Kier alpha value is -1.96. The summed E-state index contributed by atoms with van der Waals surface area (Å²) >= 11 is 0. The molecule has 2 saturated carbocycles. The van der Waals surface area contributed by atoms with Crippen LogP contribution in [0.5, 0.6) is 0 Å². The van der Waals surface area contributed by atoms with Crippen molar-refractivity contribution in [1.29, 1.82) is 0 Å². The molecule has 2 aliphatic carbocycles. The number of rotatable bonds is 4. The third-order valence-corrected chi connectivity index (χ3v) is 5.04. The lowest BCUT2D eigenvalue weighted by atomic mass is 10.0. The quantitative estimate of drug-likeness (QED) is 0.817. The van der Waals surface area contributed by atoms with E-state index in [9.17, 15) is 9.59 Å². The third kappa shape index (κ3) is 2.58. The van der Waals surface area contributed by atoms with Crippen LogP contribution in [0.3, 0.4) is 0 Å². The van der Waals surface area contributed by atoms with Crippen LogP contribution >= 0.6 is 0 Å². The van der Waals surface area contributed by atoms with E-state index in [0.29, 0.717) is 37.7 Å². The number of nitrogens with one attached hydrogen (secondary N) is 1. The highest BCUT2D eigenvalue weighted by atomic mass is 16.5. The summed E-state index contributed by atoms with van der Waals surface area (Å²) in [4.78, 5) is 31.1. The van der Waals surface area contributed by atoms with Gasteiger partial charge in [0.2, 0.25) is 11.8 Å². The zero-order valence-electron chi connectivity index (χ0n) is 13.9. The van der Waals surface area contributed by atoms with Crippen LogP contribution in [0, 0.1) is 5.41 Å². The minimum absolute atomic E-state index is 0.121. The summed E-state index contributed by atoms with van der Waals surface area (Å²) in [6.45, 7) is 2.72. The van der Waals surface area contributed by atoms with Crippen molar-refractivity contribution < 1.29 is 18.8 Å². The Kier molecular flexibility index (Phi) is 3.59. The Balaban J connectivity index is 1.50. The predicted octanol–water partition coefficient (Wildman–Crippen LogP) is 0.762. The van der Waals surface area contributed by atoms with E-state index in [1.807, 2.05) is 6.92 Å². The van der Waals surface area contributed by atoms with Gasteiger partial charge in [-0.1, -0.05) is 5.16 Å². The maximum Gasteiger partial charge on any atom is 0.257 e. The normalized spacial score (nSPS) is 28.5. The van der Waals surface area contributed by atoms with Crippen molar-refractivity contribution in [2.24, 2.45) is 5.41 Å². The fourth-order valence-corrected chi connectivity index (χ4v) is 3.34. The van der Waals surface area contributed by atoms with Gasteiger partial charge in [-0.2, -0.15) is 4.98 Å². The van der Waals surface area contributed by atoms with E-state index in [0.717, 1.165) is 18.7 Å². The molecule has 0 aromatic carbocycles.